The number of halogens is 1. The van der Waals surface area contributed by atoms with Gasteiger partial charge in [-0.2, -0.15) is 5.48 Å². The summed E-state index contributed by atoms with van der Waals surface area (Å²) in [5, 5.41) is 0. The molecule has 0 spiro atoms. The van der Waals surface area contributed by atoms with E-state index in [0.29, 0.717) is 11.3 Å². The number of nitrogens with one attached hydrogen (secondary N) is 1. The molecule has 1 aromatic carbocycles. The van der Waals surface area contributed by atoms with Crippen molar-refractivity contribution < 1.29 is 14.0 Å². The standard InChI is InChI=1S/C11H14FNO2/c1-6-4-5-8-10(13-14-3)7(2)15-11(8)9(6)12/h4-5,7,10,13H,1-3H3. The fourth-order valence-corrected chi connectivity index (χ4v) is 1.83. The Morgan fingerprint density at radius 2 is 2.20 bits per heavy atom. The summed E-state index contributed by atoms with van der Waals surface area (Å²) < 4.78 is 19.2. The van der Waals surface area contributed by atoms with Crippen molar-refractivity contribution in [2.75, 3.05) is 7.11 Å². The van der Waals surface area contributed by atoms with Gasteiger partial charge in [-0.3, -0.25) is 0 Å². The molecule has 1 heterocycles. The molecular formula is C11H14FNO2. The number of rotatable bonds is 2. The summed E-state index contributed by atoms with van der Waals surface area (Å²) in [5.74, 6) is 0.0665. The van der Waals surface area contributed by atoms with Gasteiger partial charge in [-0.15, -0.1) is 0 Å². The second-order valence-electron chi connectivity index (χ2n) is 3.74. The lowest BCUT2D eigenvalue weighted by molar-refractivity contribution is 0.0336. The zero-order valence-corrected chi connectivity index (χ0v) is 9.00. The van der Waals surface area contributed by atoms with Gasteiger partial charge in [0.25, 0.3) is 0 Å². The van der Waals surface area contributed by atoms with Crippen LogP contribution in [0.2, 0.25) is 0 Å². The number of hydroxylamine groups is 1. The van der Waals surface area contributed by atoms with E-state index in [1.165, 1.54) is 7.11 Å². The Kier molecular flexibility index (Phi) is 2.63. The fraction of sp³-hybridized carbons (Fsp3) is 0.455. The number of aryl methyl sites for hydroxylation is 1. The van der Waals surface area contributed by atoms with Crippen LogP contribution in [0.5, 0.6) is 5.75 Å². The first kappa shape index (κ1) is 10.4. The average molecular weight is 211 g/mol. The normalized spacial score (nSPS) is 23.7. The average Bonchev–Trinajstić information content (AvgIpc) is 2.52. The van der Waals surface area contributed by atoms with Crippen molar-refractivity contribution in [3.05, 3.63) is 29.1 Å². The van der Waals surface area contributed by atoms with E-state index in [1.54, 1.807) is 13.0 Å². The molecule has 2 unspecified atom stereocenters. The van der Waals surface area contributed by atoms with Gasteiger partial charge in [0.15, 0.2) is 11.6 Å². The highest BCUT2D eigenvalue weighted by atomic mass is 19.1. The van der Waals surface area contributed by atoms with Gasteiger partial charge in [0, 0.05) is 5.56 Å². The molecular weight excluding hydrogens is 197 g/mol. The summed E-state index contributed by atoms with van der Waals surface area (Å²) in [7, 11) is 1.54. The number of ether oxygens (including phenoxy) is 1. The summed E-state index contributed by atoms with van der Waals surface area (Å²) in [6, 6.07) is 3.51. The minimum Gasteiger partial charge on any atom is -0.485 e. The largest absolute Gasteiger partial charge is 0.485 e. The van der Waals surface area contributed by atoms with Gasteiger partial charge in [-0.25, -0.2) is 4.39 Å². The molecule has 3 nitrogen and oxygen atoms in total. The van der Waals surface area contributed by atoms with Crippen molar-refractivity contribution in [3.63, 3.8) is 0 Å². The van der Waals surface area contributed by atoms with Crippen LogP contribution in [0.15, 0.2) is 12.1 Å². The lowest BCUT2D eigenvalue weighted by Crippen LogP contribution is -2.27. The Morgan fingerprint density at radius 1 is 1.47 bits per heavy atom. The summed E-state index contributed by atoms with van der Waals surface area (Å²) in [6.07, 6.45) is -0.128. The molecule has 0 saturated heterocycles. The van der Waals surface area contributed by atoms with Crippen molar-refractivity contribution in [2.24, 2.45) is 0 Å². The smallest absolute Gasteiger partial charge is 0.168 e. The Morgan fingerprint density at radius 3 is 2.87 bits per heavy atom. The van der Waals surface area contributed by atoms with Crippen LogP contribution in [0.3, 0.4) is 0 Å². The number of hydrogen-bond acceptors (Lipinski definition) is 3. The van der Waals surface area contributed by atoms with Crippen LogP contribution < -0.4 is 10.2 Å². The first-order chi connectivity index (χ1) is 7.15. The molecule has 15 heavy (non-hydrogen) atoms. The molecule has 0 radical (unpaired) electrons. The molecule has 1 aliphatic rings. The van der Waals surface area contributed by atoms with Gasteiger partial charge in [0.2, 0.25) is 0 Å². The summed E-state index contributed by atoms with van der Waals surface area (Å²) >= 11 is 0. The molecule has 0 bridgehead atoms. The van der Waals surface area contributed by atoms with Gasteiger partial charge in [0.05, 0.1) is 13.2 Å². The Bertz CT molecular complexity index is 381. The molecule has 0 fully saturated rings. The van der Waals surface area contributed by atoms with Crippen LogP contribution in [0.4, 0.5) is 4.39 Å². The van der Waals surface area contributed by atoms with Crippen LogP contribution in [-0.2, 0) is 4.84 Å². The number of hydrogen-bond donors (Lipinski definition) is 1. The molecule has 2 rings (SSSR count). The van der Waals surface area contributed by atoms with Crippen LogP contribution in [0, 0.1) is 12.7 Å². The second-order valence-corrected chi connectivity index (χ2v) is 3.74. The molecule has 2 atom stereocenters. The molecule has 1 aliphatic heterocycles. The van der Waals surface area contributed by atoms with E-state index in [-0.39, 0.29) is 18.0 Å². The monoisotopic (exact) mass is 211 g/mol. The third-order valence-electron chi connectivity index (χ3n) is 2.67. The molecule has 82 valence electrons. The third-order valence-corrected chi connectivity index (χ3v) is 2.67. The van der Waals surface area contributed by atoms with E-state index in [9.17, 15) is 4.39 Å². The molecule has 0 aromatic heterocycles. The van der Waals surface area contributed by atoms with Crippen molar-refractivity contribution in [2.45, 2.75) is 26.0 Å². The fourth-order valence-electron chi connectivity index (χ4n) is 1.83. The van der Waals surface area contributed by atoms with Crippen molar-refractivity contribution in [1.82, 2.24) is 5.48 Å². The minimum absolute atomic E-state index is 0.111. The topological polar surface area (TPSA) is 30.5 Å². The van der Waals surface area contributed by atoms with Crippen molar-refractivity contribution in [3.8, 4) is 5.75 Å². The van der Waals surface area contributed by atoms with Gasteiger partial charge in [0.1, 0.15) is 6.10 Å². The van der Waals surface area contributed by atoms with Crippen LogP contribution in [0.25, 0.3) is 0 Å². The lowest BCUT2D eigenvalue weighted by Gasteiger charge is -2.14. The maximum Gasteiger partial charge on any atom is 0.168 e. The van der Waals surface area contributed by atoms with E-state index in [2.05, 4.69) is 5.48 Å². The van der Waals surface area contributed by atoms with E-state index in [0.717, 1.165) is 5.56 Å². The van der Waals surface area contributed by atoms with Gasteiger partial charge < -0.3 is 9.57 Å². The van der Waals surface area contributed by atoms with E-state index >= 15 is 0 Å². The first-order valence-corrected chi connectivity index (χ1v) is 4.89. The Labute approximate surface area is 88.1 Å². The van der Waals surface area contributed by atoms with E-state index in [1.807, 2.05) is 13.0 Å². The zero-order chi connectivity index (χ0) is 11.0. The van der Waals surface area contributed by atoms with E-state index in [4.69, 9.17) is 9.57 Å². The van der Waals surface area contributed by atoms with Crippen LogP contribution >= 0.6 is 0 Å². The zero-order valence-electron chi connectivity index (χ0n) is 9.00. The highest BCUT2D eigenvalue weighted by Gasteiger charge is 2.33. The highest BCUT2D eigenvalue weighted by molar-refractivity contribution is 5.44. The number of fused-ring (bicyclic) bond motifs is 1. The molecule has 0 amide bonds. The first-order valence-electron chi connectivity index (χ1n) is 4.89. The second kappa shape index (κ2) is 3.79. The van der Waals surface area contributed by atoms with Crippen molar-refractivity contribution in [1.29, 1.82) is 0 Å². The summed E-state index contributed by atoms with van der Waals surface area (Å²) in [6.45, 7) is 3.60. The van der Waals surface area contributed by atoms with Gasteiger partial charge in [-0.05, 0) is 19.4 Å². The third kappa shape index (κ3) is 1.60. The quantitative estimate of drug-likeness (QED) is 0.760. The van der Waals surface area contributed by atoms with Gasteiger partial charge >= 0.3 is 0 Å². The minimum atomic E-state index is -0.278. The Hall–Kier alpha value is -1.13. The van der Waals surface area contributed by atoms with Crippen molar-refractivity contribution >= 4 is 0 Å². The van der Waals surface area contributed by atoms with Crippen LogP contribution in [-0.4, -0.2) is 13.2 Å². The van der Waals surface area contributed by atoms with Crippen LogP contribution in [0.1, 0.15) is 24.1 Å². The molecule has 0 aliphatic carbocycles. The lowest BCUT2D eigenvalue weighted by atomic mass is 10.0. The maximum absolute atomic E-state index is 13.7. The molecule has 1 aromatic rings. The number of benzene rings is 1. The van der Waals surface area contributed by atoms with E-state index < -0.39 is 0 Å². The molecule has 1 N–H and O–H groups in total. The molecule has 0 saturated carbocycles. The van der Waals surface area contributed by atoms with Gasteiger partial charge in [-0.1, -0.05) is 12.1 Å². The predicted molar refractivity (Wildman–Crippen MR) is 54.1 cm³/mol. The summed E-state index contributed by atoms with van der Waals surface area (Å²) in [5.41, 5.74) is 4.21. The SMILES string of the molecule is CONC1c2ccc(C)c(F)c2OC1C. The predicted octanol–water partition coefficient (Wildman–Crippen LogP) is 2.11. The summed E-state index contributed by atoms with van der Waals surface area (Å²) in [4.78, 5) is 4.87. The maximum atomic E-state index is 13.7. The Balaban J connectivity index is 2.42. The molecule has 4 heteroatoms. The highest BCUT2D eigenvalue weighted by Crippen LogP contribution is 2.39.